The molecule has 0 bridgehead atoms. The van der Waals surface area contributed by atoms with E-state index < -0.39 is 0 Å². The molecule has 3 heteroatoms. The van der Waals surface area contributed by atoms with Crippen LogP contribution in [-0.4, -0.2) is 46.9 Å². The fourth-order valence-corrected chi connectivity index (χ4v) is 9.77. The van der Waals surface area contributed by atoms with Gasteiger partial charge in [0.05, 0.1) is 24.4 Å². The Balaban J connectivity index is 1.33. The van der Waals surface area contributed by atoms with Crippen LogP contribution in [0.3, 0.4) is 0 Å². The van der Waals surface area contributed by atoms with Gasteiger partial charge in [0.1, 0.15) is 0 Å². The van der Waals surface area contributed by atoms with E-state index >= 15 is 0 Å². The molecule has 2 unspecified atom stereocenters. The monoisotopic (exact) mass is 449 g/mol. The lowest BCUT2D eigenvalue weighted by molar-refractivity contribution is -0.0637. The minimum Gasteiger partial charge on any atom is -0.393 e. The molecule has 1 spiro atoms. The SMILES string of the molecule is C#CCN1C[C@@H](C)C[C@H]2O[C@]3(CCC4C(=C3C)CC3[C@H]4CC=C4C[C@@H](O)CC[C@@]43C)[C@H](C)[C@@H]21. The molecule has 180 valence electrons. The summed E-state index contributed by atoms with van der Waals surface area (Å²) in [6.45, 7) is 11.6. The van der Waals surface area contributed by atoms with Gasteiger partial charge in [-0.25, -0.2) is 0 Å². The summed E-state index contributed by atoms with van der Waals surface area (Å²) in [5.41, 5.74) is 5.09. The molecule has 0 aromatic heterocycles. The largest absolute Gasteiger partial charge is 0.393 e. The number of rotatable bonds is 1. The van der Waals surface area contributed by atoms with Crippen molar-refractivity contribution in [3.63, 3.8) is 0 Å². The van der Waals surface area contributed by atoms with Crippen molar-refractivity contribution in [1.29, 1.82) is 0 Å². The molecule has 2 heterocycles. The lowest BCUT2D eigenvalue weighted by atomic mass is 9.56. The van der Waals surface area contributed by atoms with Crippen LogP contribution in [0.15, 0.2) is 22.8 Å². The molecule has 0 amide bonds. The van der Waals surface area contributed by atoms with Crippen LogP contribution in [0.4, 0.5) is 0 Å². The van der Waals surface area contributed by atoms with Gasteiger partial charge in [0, 0.05) is 18.5 Å². The van der Waals surface area contributed by atoms with Crippen molar-refractivity contribution in [2.45, 2.75) is 103 Å². The third kappa shape index (κ3) is 3.06. The average molecular weight is 450 g/mol. The summed E-state index contributed by atoms with van der Waals surface area (Å²) >= 11 is 0. The maximum atomic E-state index is 10.3. The van der Waals surface area contributed by atoms with Gasteiger partial charge in [-0.3, -0.25) is 4.90 Å². The number of hydrogen-bond donors (Lipinski definition) is 1. The van der Waals surface area contributed by atoms with Crippen molar-refractivity contribution in [1.82, 2.24) is 4.90 Å². The van der Waals surface area contributed by atoms with E-state index in [0.29, 0.717) is 24.0 Å². The summed E-state index contributed by atoms with van der Waals surface area (Å²) in [6, 6.07) is 0.457. The number of aliphatic hydroxyl groups is 1. The molecule has 2 saturated heterocycles. The Morgan fingerprint density at radius 3 is 2.85 bits per heavy atom. The molecule has 4 fully saturated rings. The molecule has 10 atom stereocenters. The van der Waals surface area contributed by atoms with Crippen molar-refractivity contribution in [3.8, 4) is 12.3 Å². The second kappa shape index (κ2) is 7.71. The topological polar surface area (TPSA) is 32.7 Å². The van der Waals surface area contributed by atoms with Crippen molar-refractivity contribution in [3.05, 3.63) is 22.8 Å². The standard InChI is InChI=1S/C30H43NO2/c1-6-13-31-17-18(2)14-27-28(31)20(4)30(33-27)12-10-23-24-8-7-21-15-22(32)9-11-29(21,5)26(24)16-25(23)19(30)3/h1,7,18,20,22-24,26-28,32H,8-17H2,2-5H3/t18-,20+,22-,23?,24-,26?,27+,28-,29-,30-/m0/s1. The molecule has 0 aromatic rings. The number of likely N-dealkylation sites (tertiary alicyclic amines) is 1. The number of aliphatic hydroxyl groups excluding tert-OH is 1. The van der Waals surface area contributed by atoms with Gasteiger partial charge in [-0.2, -0.15) is 0 Å². The normalized spacial score (nSPS) is 51.5. The smallest absolute Gasteiger partial charge is 0.0937 e. The fourth-order valence-electron chi connectivity index (χ4n) is 9.77. The first-order valence-electron chi connectivity index (χ1n) is 13.7. The summed E-state index contributed by atoms with van der Waals surface area (Å²) < 4.78 is 7.16. The number of fused-ring (bicyclic) bond motifs is 6. The number of nitrogens with zero attached hydrogens (tertiary/aromatic N) is 1. The van der Waals surface area contributed by atoms with Gasteiger partial charge in [-0.1, -0.05) is 43.9 Å². The van der Waals surface area contributed by atoms with Crippen LogP contribution in [0.25, 0.3) is 0 Å². The van der Waals surface area contributed by atoms with E-state index in [9.17, 15) is 5.11 Å². The lowest BCUT2D eigenvalue weighted by Gasteiger charge is -2.49. The van der Waals surface area contributed by atoms with Gasteiger partial charge < -0.3 is 9.84 Å². The summed E-state index contributed by atoms with van der Waals surface area (Å²) in [6.07, 6.45) is 17.6. The zero-order valence-electron chi connectivity index (χ0n) is 21.1. The molecule has 2 aliphatic heterocycles. The first kappa shape index (κ1) is 22.4. The van der Waals surface area contributed by atoms with E-state index in [1.54, 1.807) is 16.7 Å². The molecule has 0 aromatic carbocycles. The van der Waals surface area contributed by atoms with Crippen LogP contribution in [0.5, 0.6) is 0 Å². The first-order chi connectivity index (χ1) is 15.8. The highest BCUT2D eigenvalue weighted by Crippen LogP contribution is 2.65. The average Bonchev–Trinajstić information content (AvgIpc) is 3.29. The highest BCUT2D eigenvalue weighted by atomic mass is 16.5. The van der Waals surface area contributed by atoms with E-state index in [-0.39, 0.29) is 17.1 Å². The van der Waals surface area contributed by atoms with Gasteiger partial charge >= 0.3 is 0 Å². The van der Waals surface area contributed by atoms with Crippen LogP contribution in [0.2, 0.25) is 0 Å². The molecule has 2 saturated carbocycles. The minimum atomic E-state index is -0.127. The molecule has 3 nitrogen and oxygen atoms in total. The highest BCUT2D eigenvalue weighted by molar-refractivity contribution is 5.38. The van der Waals surface area contributed by atoms with Gasteiger partial charge in [-0.15, -0.1) is 6.42 Å². The van der Waals surface area contributed by atoms with Crippen molar-refractivity contribution >= 4 is 0 Å². The maximum absolute atomic E-state index is 10.3. The molecule has 33 heavy (non-hydrogen) atoms. The Kier molecular flexibility index (Phi) is 5.23. The quantitative estimate of drug-likeness (QED) is 0.433. The molecular weight excluding hydrogens is 406 g/mol. The van der Waals surface area contributed by atoms with E-state index in [1.165, 1.54) is 32.1 Å². The third-order valence-corrected chi connectivity index (χ3v) is 11.4. The fraction of sp³-hybridized carbons (Fsp3) is 0.800. The van der Waals surface area contributed by atoms with Crippen molar-refractivity contribution < 1.29 is 9.84 Å². The number of terminal acetylenes is 1. The minimum absolute atomic E-state index is 0.0918. The van der Waals surface area contributed by atoms with E-state index in [1.807, 2.05) is 0 Å². The van der Waals surface area contributed by atoms with Crippen LogP contribution in [0, 0.1) is 47.3 Å². The van der Waals surface area contributed by atoms with Crippen LogP contribution >= 0.6 is 0 Å². The third-order valence-electron chi connectivity index (χ3n) is 11.4. The summed E-state index contributed by atoms with van der Waals surface area (Å²) in [7, 11) is 0. The van der Waals surface area contributed by atoms with Crippen molar-refractivity contribution in [2.75, 3.05) is 13.1 Å². The summed E-state index contributed by atoms with van der Waals surface area (Å²) in [5.74, 6) is 6.34. The van der Waals surface area contributed by atoms with Gasteiger partial charge in [-0.05, 0) is 93.0 Å². The second-order valence-corrected chi connectivity index (χ2v) is 12.8. The molecule has 6 rings (SSSR count). The number of ether oxygens (including phenoxy) is 1. The predicted molar refractivity (Wildman–Crippen MR) is 132 cm³/mol. The number of hydrogen-bond acceptors (Lipinski definition) is 3. The van der Waals surface area contributed by atoms with Crippen LogP contribution in [0.1, 0.15) is 79.1 Å². The van der Waals surface area contributed by atoms with E-state index in [0.717, 1.165) is 50.1 Å². The zero-order chi connectivity index (χ0) is 23.1. The first-order valence-corrected chi connectivity index (χ1v) is 13.7. The molecule has 1 N–H and O–H groups in total. The molecule has 4 aliphatic carbocycles. The summed E-state index contributed by atoms with van der Waals surface area (Å²) in [4.78, 5) is 2.56. The molecular formula is C30H43NO2. The van der Waals surface area contributed by atoms with Gasteiger partial charge in [0.2, 0.25) is 0 Å². The summed E-state index contributed by atoms with van der Waals surface area (Å²) in [5, 5.41) is 10.3. The van der Waals surface area contributed by atoms with E-state index in [2.05, 4.69) is 44.6 Å². The van der Waals surface area contributed by atoms with E-state index in [4.69, 9.17) is 11.2 Å². The van der Waals surface area contributed by atoms with Gasteiger partial charge in [0.15, 0.2) is 0 Å². The van der Waals surface area contributed by atoms with Crippen LogP contribution < -0.4 is 0 Å². The Bertz CT molecular complexity index is 928. The number of piperidine rings is 1. The van der Waals surface area contributed by atoms with Crippen molar-refractivity contribution in [2.24, 2.45) is 35.0 Å². The Morgan fingerprint density at radius 1 is 1.24 bits per heavy atom. The zero-order valence-corrected chi connectivity index (χ0v) is 21.1. The number of allylic oxidation sites excluding steroid dienone is 2. The molecule has 0 radical (unpaired) electrons. The Labute approximate surface area is 201 Å². The highest BCUT2D eigenvalue weighted by Gasteiger charge is 2.61. The maximum Gasteiger partial charge on any atom is 0.0937 e. The van der Waals surface area contributed by atoms with Crippen LogP contribution in [-0.2, 0) is 4.74 Å². The Hall–Kier alpha value is -1.08. The van der Waals surface area contributed by atoms with Gasteiger partial charge in [0.25, 0.3) is 0 Å². The Morgan fingerprint density at radius 2 is 2.06 bits per heavy atom. The predicted octanol–water partition coefficient (Wildman–Crippen LogP) is 5.35. The molecule has 6 aliphatic rings. The second-order valence-electron chi connectivity index (χ2n) is 12.8. The lowest BCUT2D eigenvalue weighted by Crippen LogP contribution is -2.52.